The Balaban J connectivity index is 2.53. The SMILES string of the molecule is O=S(=O)(O)c1ccc(S(=O)(=O)NS(=O)(=O)C(F)(F)C(F)(F)S(=O)(=O)c2ccc(F)cc2F)cc1. The summed E-state index contributed by atoms with van der Waals surface area (Å²) in [5.41, 5.74) is 0. The minimum Gasteiger partial charge on any atom is -0.282 e. The zero-order valence-corrected chi connectivity index (χ0v) is 18.9. The lowest BCUT2D eigenvalue weighted by Gasteiger charge is -2.26. The average Bonchev–Trinajstić information content (AvgIpc) is 2.65. The van der Waals surface area contributed by atoms with Gasteiger partial charge in [0.1, 0.15) is 16.5 Å². The molecule has 0 amide bonds. The van der Waals surface area contributed by atoms with E-state index in [0.29, 0.717) is 12.1 Å². The van der Waals surface area contributed by atoms with Gasteiger partial charge in [-0.3, -0.25) is 4.55 Å². The van der Waals surface area contributed by atoms with Crippen LogP contribution in [0.4, 0.5) is 26.3 Å². The first-order valence-corrected chi connectivity index (χ1v) is 13.8. The molecule has 34 heavy (non-hydrogen) atoms. The summed E-state index contributed by atoms with van der Waals surface area (Å²) in [5.74, 6) is -3.76. The molecule has 0 aliphatic rings. The molecule has 0 saturated heterocycles. The smallest absolute Gasteiger partial charge is 0.282 e. The van der Waals surface area contributed by atoms with Gasteiger partial charge < -0.3 is 0 Å². The Morgan fingerprint density at radius 2 is 1.18 bits per heavy atom. The predicted molar refractivity (Wildman–Crippen MR) is 98.9 cm³/mol. The van der Waals surface area contributed by atoms with Crippen molar-refractivity contribution in [2.24, 2.45) is 0 Å². The quantitative estimate of drug-likeness (QED) is 0.268. The normalized spacial score (nSPS) is 14.2. The first-order valence-electron chi connectivity index (χ1n) is 7.89. The van der Waals surface area contributed by atoms with Crippen LogP contribution in [0.2, 0.25) is 0 Å². The molecule has 10 nitrogen and oxygen atoms in total. The van der Waals surface area contributed by atoms with Gasteiger partial charge in [0.2, 0.25) is 0 Å². The Bertz CT molecular complexity index is 1550. The molecule has 0 saturated carbocycles. The molecule has 2 N–H and O–H groups in total. The molecule has 0 heterocycles. The largest absolute Gasteiger partial charge is 0.436 e. The molecule has 2 rings (SSSR count). The Morgan fingerprint density at radius 3 is 1.62 bits per heavy atom. The number of hydrogen-bond acceptors (Lipinski definition) is 8. The van der Waals surface area contributed by atoms with Crippen LogP contribution in [0.15, 0.2) is 57.2 Å². The summed E-state index contributed by atoms with van der Waals surface area (Å²) in [4.78, 5) is -4.41. The zero-order valence-electron chi connectivity index (χ0n) is 15.7. The van der Waals surface area contributed by atoms with Gasteiger partial charge in [-0.15, -0.1) is 0 Å². The Kier molecular flexibility index (Phi) is 6.95. The molecule has 2 aromatic carbocycles. The molecule has 0 bridgehead atoms. The molecule has 0 aliphatic carbocycles. The van der Waals surface area contributed by atoms with Crippen molar-refractivity contribution >= 4 is 40.0 Å². The van der Waals surface area contributed by atoms with E-state index < -0.39 is 76.8 Å². The number of nitrogens with one attached hydrogen (secondary N) is 1. The highest BCUT2D eigenvalue weighted by Crippen LogP contribution is 2.45. The van der Waals surface area contributed by atoms with Crippen molar-refractivity contribution in [1.29, 1.82) is 0 Å². The molecular formula is C14H9F6NO9S4. The molecule has 0 unspecified atom stereocenters. The van der Waals surface area contributed by atoms with Crippen LogP contribution in [0.1, 0.15) is 0 Å². The van der Waals surface area contributed by atoms with Crippen molar-refractivity contribution in [2.75, 3.05) is 0 Å². The van der Waals surface area contributed by atoms with Crippen LogP contribution in [-0.4, -0.2) is 48.7 Å². The molecule has 2 aromatic rings. The fraction of sp³-hybridized carbons (Fsp3) is 0.143. The Morgan fingerprint density at radius 1 is 0.706 bits per heavy atom. The number of sulfonamides is 2. The topological polar surface area (TPSA) is 169 Å². The van der Waals surface area contributed by atoms with Gasteiger partial charge in [0.25, 0.3) is 40.0 Å². The third-order valence-corrected chi connectivity index (χ3v) is 10.3. The zero-order chi connectivity index (χ0) is 26.5. The van der Waals surface area contributed by atoms with E-state index in [4.69, 9.17) is 4.55 Å². The number of benzene rings is 2. The highest BCUT2D eigenvalue weighted by atomic mass is 32.3. The third kappa shape index (κ3) is 4.77. The van der Waals surface area contributed by atoms with E-state index in [2.05, 4.69) is 0 Å². The van der Waals surface area contributed by atoms with Gasteiger partial charge in [-0.1, -0.05) is 4.13 Å². The van der Waals surface area contributed by atoms with Crippen LogP contribution in [0.25, 0.3) is 0 Å². The molecule has 0 aliphatic heterocycles. The second-order valence-corrected chi connectivity index (χ2v) is 13.2. The summed E-state index contributed by atoms with van der Waals surface area (Å²) in [7, 11) is -24.6. The van der Waals surface area contributed by atoms with E-state index in [9.17, 15) is 60.0 Å². The van der Waals surface area contributed by atoms with Crippen LogP contribution < -0.4 is 4.13 Å². The first-order chi connectivity index (χ1) is 15.1. The van der Waals surface area contributed by atoms with Gasteiger partial charge in [-0.05, 0) is 36.4 Å². The van der Waals surface area contributed by atoms with Crippen LogP contribution in [0.5, 0.6) is 0 Å². The fourth-order valence-electron chi connectivity index (χ4n) is 2.18. The summed E-state index contributed by atoms with van der Waals surface area (Å²) in [5, 5.41) is -13.4. The van der Waals surface area contributed by atoms with Gasteiger partial charge in [0, 0.05) is 6.07 Å². The van der Waals surface area contributed by atoms with Gasteiger partial charge in [-0.2, -0.15) is 26.0 Å². The monoisotopic (exact) mass is 577 g/mol. The van der Waals surface area contributed by atoms with E-state index in [0.717, 1.165) is 0 Å². The molecule has 20 heteroatoms. The number of alkyl halides is 4. The fourth-order valence-corrected chi connectivity index (χ4v) is 7.24. The van der Waals surface area contributed by atoms with Crippen molar-refractivity contribution in [3.05, 3.63) is 54.1 Å². The van der Waals surface area contributed by atoms with E-state index >= 15 is 0 Å². The standard InChI is InChI=1S/C14H9F6NO9S4/c15-8-1-6-12(11(16)7-8)31(22,23)13(17,18)14(19,20)34(29,30)21-32(24,25)9-2-4-10(5-3-9)33(26,27)28/h1-7,21H,(H,26,27,28). The molecule has 0 spiro atoms. The van der Waals surface area contributed by atoms with Crippen LogP contribution in [0.3, 0.4) is 0 Å². The van der Waals surface area contributed by atoms with Crippen LogP contribution in [0, 0.1) is 11.6 Å². The van der Waals surface area contributed by atoms with Crippen molar-refractivity contribution in [1.82, 2.24) is 4.13 Å². The number of sulfone groups is 1. The Labute approximate surface area is 188 Å². The maximum Gasteiger partial charge on any atom is 0.436 e. The molecule has 0 aromatic heterocycles. The highest BCUT2D eigenvalue weighted by molar-refractivity contribution is 8.05. The van der Waals surface area contributed by atoms with Gasteiger partial charge in [-0.25, -0.2) is 34.0 Å². The second-order valence-electron chi connectivity index (χ2n) is 6.15. The predicted octanol–water partition coefficient (Wildman–Crippen LogP) is 1.48. The third-order valence-electron chi connectivity index (χ3n) is 3.85. The van der Waals surface area contributed by atoms with E-state index in [1.165, 1.54) is 0 Å². The van der Waals surface area contributed by atoms with Crippen molar-refractivity contribution in [3.63, 3.8) is 0 Å². The molecule has 0 radical (unpaired) electrons. The summed E-state index contributed by atoms with van der Waals surface area (Å²) < 4.78 is 186. The van der Waals surface area contributed by atoms with Crippen molar-refractivity contribution in [2.45, 2.75) is 25.2 Å². The molecular weight excluding hydrogens is 568 g/mol. The molecule has 190 valence electrons. The maximum absolute atomic E-state index is 14.3. The van der Waals surface area contributed by atoms with Crippen LogP contribution in [-0.2, 0) is 40.0 Å². The average molecular weight is 577 g/mol. The van der Waals surface area contributed by atoms with E-state index in [1.807, 2.05) is 0 Å². The van der Waals surface area contributed by atoms with Gasteiger partial charge >= 0.3 is 10.5 Å². The minimum absolute atomic E-state index is 0.0949. The Hall–Kier alpha value is -2.26. The summed E-state index contributed by atoms with van der Waals surface area (Å²) in [6.07, 6.45) is 0. The van der Waals surface area contributed by atoms with Gasteiger partial charge in [0.15, 0.2) is 0 Å². The van der Waals surface area contributed by atoms with E-state index in [1.54, 1.807) is 0 Å². The van der Waals surface area contributed by atoms with Crippen molar-refractivity contribution in [3.8, 4) is 0 Å². The van der Waals surface area contributed by atoms with E-state index in [-0.39, 0.29) is 34.5 Å². The lowest BCUT2D eigenvalue weighted by atomic mass is 10.3. The maximum atomic E-state index is 14.3. The second kappa shape index (κ2) is 8.45. The van der Waals surface area contributed by atoms with Crippen LogP contribution >= 0.6 is 0 Å². The minimum atomic E-state index is -7.14. The number of halogens is 6. The summed E-state index contributed by atoms with van der Waals surface area (Å²) >= 11 is 0. The highest BCUT2D eigenvalue weighted by Gasteiger charge is 2.74. The summed E-state index contributed by atoms with van der Waals surface area (Å²) in [6.45, 7) is 0. The lowest BCUT2D eigenvalue weighted by Crippen LogP contribution is -2.56. The first kappa shape index (κ1) is 28.0. The number of rotatable bonds is 8. The molecule has 0 fully saturated rings. The van der Waals surface area contributed by atoms with Gasteiger partial charge in [0.05, 0.1) is 9.79 Å². The van der Waals surface area contributed by atoms with Crippen molar-refractivity contribution < 1.29 is 64.6 Å². The molecule has 0 atom stereocenters. The lowest BCUT2D eigenvalue weighted by molar-refractivity contribution is -0.0970. The summed E-state index contributed by atoms with van der Waals surface area (Å²) in [6, 6.07) is 0.962. The number of hydrogen-bond donors (Lipinski definition) is 2.